The second-order valence-corrected chi connectivity index (χ2v) is 10.4. The fourth-order valence-corrected chi connectivity index (χ4v) is 5.96. The molecule has 1 unspecified atom stereocenters. The minimum absolute atomic E-state index is 0.00650. The van der Waals surface area contributed by atoms with Crippen LogP contribution in [0.25, 0.3) is 16.0 Å². The number of carbonyl (C=O) groups is 2. The molecule has 1 fully saturated rings. The molecule has 184 valence electrons. The van der Waals surface area contributed by atoms with Gasteiger partial charge >= 0.3 is 5.91 Å². The molecule has 2 aromatic carbocycles. The topological polar surface area (TPSA) is 89.0 Å². The van der Waals surface area contributed by atoms with E-state index < -0.39 is 17.7 Å². The van der Waals surface area contributed by atoms with E-state index >= 15 is 0 Å². The molecule has 0 saturated carbocycles. The Hall–Kier alpha value is -3.69. The Morgan fingerprint density at radius 3 is 2.53 bits per heavy atom. The van der Waals surface area contributed by atoms with Gasteiger partial charge in [0.15, 0.2) is 5.13 Å². The molecule has 2 aromatic heterocycles. The van der Waals surface area contributed by atoms with Crippen molar-refractivity contribution in [3.8, 4) is 11.5 Å². The van der Waals surface area contributed by atoms with Crippen LogP contribution in [0, 0.1) is 0 Å². The summed E-state index contributed by atoms with van der Waals surface area (Å²) in [5, 5.41) is 13.5. The van der Waals surface area contributed by atoms with Gasteiger partial charge in [-0.05, 0) is 74.7 Å². The average Bonchev–Trinajstić information content (AvgIpc) is 3.58. The largest absolute Gasteiger partial charge is 0.507 e. The van der Waals surface area contributed by atoms with Crippen molar-refractivity contribution in [3.05, 3.63) is 76.0 Å². The molecule has 0 bridgehead atoms. The van der Waals surface area contributed by atoms with Crippen LogP contribution in [0.2, 0.25) is 0 Å². The summed E-state index contributed by atoms with van der Waals surface area (Å²) in [4.78, 5) is 33.4. The molecule has 1 saturated heterocycles. The first-order chi connectivity index (χ1) is 17.4. The molecule has 0 aliphatic carbocycles. The molecule has 9 heteroatoms. The van der Waals surface area contributed by atoms with Gasteiger partial charge in [-0.1, -0.05) is 17.4 Å². The number of ether oxygens (including phenoxy) is 2. The minimum atomic E-state index is -0.788. The summed E-state index contributed by atoms with van der Waals surface area (Å²) in [6, 6.07) is 15.3. The molecule has 3 heterocycles. The van der Waals surface area contributed by atoms with Gasteiger partial charge in [0.05, 0.1) is 28.5 Å². The van der Waals surface area contributed by atoms with Crippen molar-refractivity contribution in [2.24, 2.45) is 0 Å². The number of Topliss-reactive ketones (excluding diaryl/α,β-unsaturated/α-hetero) is 1. The number of thiazole rings is 1. The molecule has 5 rings (SSSR count). The van der Waals surface area contributed by atoms with E-state index in [-0.39, 0.29) is 17.4 Å². The summed E-state index contributed by atoms with van der Waals surface area (Å²) in [6.07, 6.45) is 0.00650. The summed E-state index contributed by atoms with van der Waals surface area (Å²) in [5.74, 6) is -0.341. The Morgan fingerprint density at radius 1 is 1.11 bits per heavy atom. The molecule has 4 aromatic rings. The molecule has 0 radical (unpaired) electrons. The molecule has 1 N–H and O–H groups in total. The zero-order valence-corrected chi connectivity index (χ0v) is 21.6. The minimum Gasteiger partial charge on any atom is -0.507 e. The van der Waals surface area contributed by atoms with E-state index in [4.69, 9.17) is 9.47 Å². The lowest BCUT2D eigenvalue weighted by molar-refractivity contribution is -0.132. The van der Waals surface area contributed by atoms with Crippen molar-refractivity contribution in [2.45, 2.75) is 32.9 Å². The van der Waals surface area contributed by atoms with E-state index in [0.29, 0.717) is 34.3 Å². The van der Waals surface area contributed by atoms with Crippen molar-refractivity contribution in [1.29, 1.82) is 0 Å². The third kappa shape index (κ3) is 4.36. The van der Waals surface area contributed by atoms with Gasteiger partial charge in [-0.2, -0.15) is 0 Å². The first kappa shape index (κ1) is 24.0. The number of anilines is 1. The maximum atomic E-state index is 13.3. The van der Waals surface area contributed by atoms with E-state index in [9.17, 15) is 14.7 Å². The summed E-state index contributed by atoms with van der Waals surface area (Å²) in [5.41, 5.74) is 1.16. The Kier molecular flexibility index (Phi) is 6.51. The second-order valence-electron chi connectivity index (χ2n) is 8.43. The van der Waals surface area contributed by atoms with Crippen LogP contribution >= 0.6 is 22.7 Å². The summed E-state index contributed by atoms with van der Waals surface area (Å²) < 4.78 is 12.1. The van der Waals surface area contributed by atoms with Crippen LogP contribution in [-0.4, -0.2) is 34.5 Å². The number of aromatic nitrogens is 1. The van der Waals surface area contributed by atoms with Gasteiger partial charge < -0.3 is 14.6 Å². The van der Waals surface area contributed by atoms with Crippen molar-refractivity contribution in [1.82, 2.24) is 4.98 Å². The standard InChI is InChI=1S/C27H24N2O5S2/c1-4-33-18-11-12-19-21(14-18)36-27(28-19)29-23(20-6-5-13-35-20)22(25(31)26(29)32)24(30)16-7-9-17(10-8-16)34-15(2)3/h5-15,23,30H,4H2,1-3H3/b24-22+. The number of aliphatic hydroxyl groups excluding tert-OH is 1. The first-order valence-corrected chi connectivity index (χ1v) is 13.2. The van der Waals surface area contributed by atoms with Gasteiger partial charge in [0, 0.05) is 10.4 Å². The fraction of sp³-hybridized carbons (Fsp3) is 0.222. The van der Waals surface area contributed by atoms with E-state index in [1.807, 2.05) is 56.5 Å². The van der Waals surface area contributed by atoms with Gasteiger partial charge in [0.2, 0.25) is 0 Å². The van der Waals surface area contributed by atoms with E-state index in [2.05, 4.69) is 4.98 Å². The van der Waals surface area contributed by atoms with Crippen LogP contribution in [0.5, 0.6) is 11.5 Å². The number of benzene rings is 2. The van der Waals surface area contributed by atoms with Crippen molar-refractivity contribution in [3.63, 3.8) is 0 Å². The predicted molar refractivity (Wildman–Crippen MR) is 142 cm³/mol. The van der Waals surface area contributed by atoms with Crippen LogP contribution in [0.1, 0.15) is 37.3 Å². The number of carbonyl (C=O) groups excluding carboxylic acids is 2. The lowest BCUT2D eigenvalue weighted by Crippen LogP contribution is -2.28. The van der Waals surface area contributed by atoms with Crippen LogP contribution in [0.3, 0.4) is 0 Å². The third-order valence-corrected chi connectivity index (χ3v) is 7.56. The molecule has 36 heavy (non-hydrogen) atoms. The van der Waals surface area contributed by atoms with E-state index in [0.717, 1.165) is 9.58 Å². The van der Waals surface area contributed by atoms with Crippen LogP contribution in [0.15, 0.2) is 65.6 Å². The molecular weight excluding hydrogens is 496 g/mol. The highest BCUT2D eigenvalue weighted by Crippen LogP contribution is 2.45. The van der Waals surface area contributed by atoms with Crippen LogP contribution < -0.4 is 14.4 Å². The normalized spacial score (nSPS) is 17.3. The van der Waals surface area contributed by atoms with Crippen molar-refractivity contribution >= 4 is 55.5 Å². The van der Waals surface area contributed by atoms with Gasteiger partial charge in [-0.15, -0.1) is 11.3 Å². The molecular formula is C27H24N2O5S2. The average molecular weight is 521 g/mol. The highest BCUT2D eigenvalue weighted by atomic mass is 32.1. The molecule has 1 aliphatic heterocycles. The quantitative estimate of drug-likeness (QED) is 0.178. The van der Waals surface area contributed by atoms with Gasteiger partial charge in [0.1, 0.15) is 23.3 Å². The van der Waals surface area contributed by atoms with Crippen molar-refractivity contribution < 1.29 is 24.2 Å². The van der Waals surface area contributed by atoms with Gasteiger partial charge in [-0.25, -0.2) is 4.98 Å². The summed E-state index contributed by atoms with van der Waals surface area (Å²) >= 11 is 2.71. The molecule has 0 spiro atoms. The molecule has 1 amide bonds. The maximum Gasteiger partial charge on any atom is 0.301 e. The number of thiophene rings is 1. The monoisotopic (exact) mass is 520 g/mol. The Bertz CT molecular complexity index is 1460. The molecule has 7 nitrogen and oxygen atoms in total. The number of amides is 1. The van der Waals surface area contributed by atoms with Crippen LogP contribution in [-0.2, 0) is 9.59 Å². The second kappa shape index (κ2) is 9.75. The number of rotatable bonds is 7. The summed E-state index contributed by atoms with van der Waals surface area (Å²) in [7, 11) is 0. The summed E-state index contributed by atoms with van der Waals surface area (Å²) in [6.45, 7) is 6.30. The Balaban J connectivity index is 1.60. The number of hydrogen-bond donors (Lipinski definition) is 1. The Labute approximate surface area is 216 Å². The number of nitrogens with zero attached hydrogens (tertiary/aromatic N) is 2. The van der Waals surface area contributed by atoms with Gasteiger partial charge in [-0.3, -0.25) is 14.5 Å². The Morgan fingerprint density at radius 2 is 1.86 bits per heavy atom. The first-order valence-electron chi connectivity index (χ1n) is 11.5. The van der Waals surface area contributed by atoms with Gasteiger partial charge in [0.25, 0.3) is 5.78 Å². The van der Waals surface area contributed by atoms with E-state index in [1.54, 1.807) is 24.3 Å². The SMILES string of the molecule is CCOc1ccc2nc(N3C(=O)C(=O)/C(=C(/O)c4ccc(OC(C)C)cc4)C3c3cccs3)sc2c1. The smallest absolute Gasteiger partial charge is 0.301 e. The zero-order valence-electron chi connectivity index (χ0n) is 19.9. The van der Waals surface area contributed by atoms with Crippen LogP contribution in [0.4, 0.5) is 5.13 Å². The zero-order chi connectivity index (χ0) is 25.4. The maximum absolute atomic E-state index is 13.3. The lowest BCUT2D eigenvalue weighted by atomic mass is 10.00. The number of ketones is 1. The highest BCUT2D eigenvalue weighted by Gasteiger charge is 2.48. The highest BCUT2D eigenvalue weighted by molar-refractivity contribution is 7.22. The number of aliphatic hydroxyl groups is 1. The molecule has 1 aliphatic rings. The van der Waals surface area contributed by atoms with Crippen molar-refractivity contribution in [2.75, 3.05) is 11.5 Å². The predicted octanol–water partition coefficient (Wildman–Crippen LogP) is 6.17. The number of hydrogen-bond acceptors (Lipinski definition) is 8. The van der Waals surface area contributed by atoms with E-state index in [1.165, 1.54) is 27.6 Å². The molecule has 1 atom stereocenters. The third-order valence-electron chi connectivity index (χ3n) is 5.62. The number of fused-ring (bicyclic) bond motifs is 1. The fourth-order valence-electron chi connectivity index (χ4n) is 4.12. The lowest BCUT2D eigenvalue weighted by Gasteiger charge is -2.21.